The van der Waals surface area contributed by atoms with Crippen LogP contribution >= 0.6 is 0 Å². The molecule has 1 spiro atoms. The highest BCUT2D eigenvalue weighted by molar-refractivity contribution is 5.77. The first-order valence-electron chi connectivity index (χ1n) is 9.18. The maximum absolute atomic E-state index is 12.2. The summed E-state index contributed by atoms with van der Waals surface area (Å²) in [6.45, 7) is 9.32. The van der Waals surface area contributed by atoms with Crippen molar-refractivity contribution in [2.24, 2.45) is 0 Å². The van der Waals surface area contributed by atoms with Gasteiger partial charge in [-0.3, -0.25) is 4.79 Å². The van der Waals surface area contributed by atoms with Gasteiger partial charge in [-0.15, -0.1) is 0 Å². The van der Waals surface area contributed by atoms with Crippen molar-refractivity contribution in [2.45, 2.75) is 51.6 Å². The lowest BCUT2D eigenvalue weighted by Gasteiger charge is -2.40. The molecule has 1 amide bonds. The van der Waals surface area contributed by atoms with Crippen LogP contribution in [0.15, 0.2) is 18.2 Å². The zero-order valence-electron chi connectivity index (χ0n) is 15.1. The number of benzene rings is 1. The van der Waals surface area contributed by atoms with Crippen molar-refractivity contribution in [1.29, 1.82) is 0 Å². The average molecular weight is 331 g/mol. The number of likely N-dealkylation sites (tertiary alicyclic amines) is 1. The number of aryl methyl sites for hydroxylation is 1. The van der Waals surface area contributed by atoms with E-state index in [-0.39, 0.29) is 24.0 Å². The SMILES string of the molecule is CCOCC(=O)N1CCC2(CC1)CC(OCC)c1ccc(C)cc12. The lowest BCUT2D eigenvalue weighted by Crippen LogP contribution is -2.45. The number of rotatable bonds is 5. The molecule has 4 nitrogen and oxygen atoms in total. The van der Waals surface area contributed by atoms with E-state index >= 15 is 0 Å². The monoisotopic (exact) mass is 331 g/mol. The molecule has 1 heterocycles. The Balaban J connectivity index is 1.76. The second-order valence-corrected chi connectivity index (χ2v) is 7.04. The van der Waals surface area contributed by atoms with E-state index in [4.69, 9.17) is 9.47 Å². The highest BCUT2D eigenvalue weighted by Crippen LogP contribution is 2.52. The number of nitrogens with zero attached hydrogens (tertiary/aromatic N) is 1. The molecule has 1 aromatic carbocycles. The smallest absolute Gasteiger partial charge is 0.248 e. The molecule has 3 rings (SSSR count). The lowest BCUT2D eigenvalue weighted by atomic mass is 9.73. The maximum atomic E-state index is 12.2. The molecule has 132 valence electrons. The van der Waals surface area contributed by atoms with E-state index in [9.17, 15) is 4.79 Å². The molecule has 0 N–H and O–H groups in total. The third-order valence-electron chi connectivity index (χ3n) is 5.57. The Bertz CT molecular complexity index is 591. The molecule has 0 aromatic heterocycles. The highest BCUT2D eigenvalue weighted by Gasteiger charge is 2.46. The van der Waals surface area contributed by atoms with Crippen LogP contribution in [0.4, 0.5) is 0 Å². The molecular formula is C20H29NO3. The summed E-state index contributed by atoms with van der Waals surface area (Å²) in [5, 5.41) is 0. The third kappa shape index (κ3) is 3.22. The van der Waals surface area contributed by atoms with Gasteiger partial charge in [0.2, 0.25) is 5.91 Å². The molecule has 2 aliphatic rings. The summed E-state index contributed by atoms with van der Waals surface area (Å²) in [5.41, 5.74) is 4.29. The number of hydrogen-bond acceptors (Lipinski definition) is 3. The predicted octanol–water partition coefficient (Wildman–Crippen LogP) is 3.37. The molecule has 1 aromatic rings. The normalized spacial score (nSPS) is 22.0. The lowest BCUT2D eigenvalue weighted by molar-refractivity contribution is -0.137. The van der Waals surface area contributed by atoms with Crippen molar-refractivity contribution in [1.82, 2.24) is 4.90 Å². The van der Waals surface area contributed by atoms with Gasteiger partial charge in [0.15, 0.2) is 0 Å². The summed E-state index contributed by atoms with van der Waals surface area (Å²) in [7, 11) is 0. The number of piperidine rings is 1. The largest absolute Gasteiger partial charge is 0.374 e. The van der Waals surface area contributed by atoms with Crippen LogP contribution < -0.4 is 0 Å². The van der Waals surface area contributed by atoms with E-state index < -0.39 is 0 Å². The standard InChI is InChI=1S/C20H29NO3/c1-4-23-14-19(22)21-10-8-20(9-11-21)13-18(24-5-2)16-7-6-15(3)12-17(16)20/h6-7,12,18H,4-5,8-11,13-14H2,1-3H3. The van der Waals surface area contributed by atoms with Gasteiger partial charge in [-0.1, -0.05) is 23.8 Å². The van der Waals surface area contributed by atoms with Crippen LogP contribution in [-0.2, 0) is 19.7 Å². The number of ether oxygens (including phenoxy) is 2. The molecule has 1 saturated heterocycles. The average Bonchev–Trinajstić information content (AvgIpc) is 2.87. The molecule has 24 heavy (non-hydrogen) atoms. The van der Waals surface area contributed by atoms with Gasteiger partial charge in [0.25, 0.3) is 0 Å². The van der Waals surface area contributed by atoms with Crippen molar-refractivity contribution in [3.63, 3.8) is 0 Å². The van der Waals surface area contributed by atoms with E-state index in [0.717, 1.165) is 39.0 Å². The van der Waals surface area contributed by atoms with Gasteiger partial charge in [0.05, 0.1) is 6.10 Å². The van der Waals surface area contributed by atoms with Crippen LogP contribution in [0.2, 0.25) is 0 Å². The van der Waals surface area contributed by atoms with Gasteiger partial charge in [-0.2, -0.15) is 0 Å². The number of carbonyl (C=O) groups is 1. The maximum Gasteiger partial charge on any atom is 0.248 e. The van der Waals surface area contributed by atoms with Crippen molar-refractivity contribution < 1.29 is 14.3 Å². The zero-order valence-corrected chi connectivity index (χ0v) is 15.1. The molecule has 0 saturated carbocycles. The summed E-state index contributed by atoms with van der Waals surface area (Å²) in [6, 6.07) is 6.77. The number of hydrogen-bond donors (Lipinski definition) is 0. The Morgan fingerprint density at radius 1 is 1.25 bits per heavy atom. The Morgan fingerprint density at radius 3 is 2.67 bits per heavy atom. The van der Waals surface area contributed by atoms with Gasteiger partial charge in [0, 0.05) is 31.7 Å². The fourth-order valence-corrected chi connectivity index (χ4v) is 4.27. The fourth-order valence-electron chi connectivity index (χ4n) is 4.27. The van der Waals surface area contributed by atoms with E-state index in [1.165, 1.54) is 16.7 Å². The Hall–Kier alpha value is -1.39. The molecule has 1 fully saturated rings. The minimum atomic E-state index is 0.121. The van der Waals surface area contributed by atoms with Crippen molar-refractivity contribution in [2.75, 3.05) is 32.9 Å². The third-order valence-corrected chi connectivity index (χ3v) is 5.57. The molecule has 4 heteroatoms. The molecule has 1 aliphatic carbocycles. The van der Waals surface area contributed by atoms with Crippen molar-refractivity contribution >= 4 is 5.91 Å². The first kappa shape index (κ1) is 17.4. The van der Waals surface area contributed by atoms with Gasteiger partial charge >= 0.3 is 0 Å². The Kier molecular flexibility index (Phi) is 5.26. The summed E-state index contributed by atoms with van der Waals surface area (Å²) in [4.78, 5) is 14.2. The van der Waals surface area contributed by atoms with Gasteiger partial charge in [0.1, 0.15) is 6.61 Å². The minimum absolute atomic E-state index is 0.121. The minimum Gasteiger partial charge on any atom is -0.374 e. The van der Waals surface area contributed by atoms with Crippen molar-refractivity contribution in [3.8, 4) is 0 Å². The first-order valence-corrected chi connectivity index (χ1v) is 9.18. The topological polar surface area (TPSA) is 38.8 Å². The molecule has 1 aliphatic heterocycles. The molecule has 0 bridgehead atoms. The Labute approximate surface area is 145 Å². The van der Waals surface area contributed by atoms with Crippen LogP contribution in [0.25, 0.3) is 0 Å². The quantitative estimate of drug-likeness (QED) is 0.830. The second-order valence-electron chi connectivity index (χ2n) is 7.04. The van der Waals surface area contributed by atoms with Crippen molar-refractivity contribution in [3.05, 3.63) is 34.9 Å². The number of carbonyl (C=O) groups excluding carboxylic acids is 1. The van der Waals surface area contributed by atoms with Gasteiger partial charge < -0.3 is 14.4 Å². The summed E-state index contributed by atoms with van der Waals surface area (Å²) in [5.74, 6) is 0.121. The predicted molar refractivity (Wildman–Crippen MR) is 94.1 cm³/mol. The van der Waals surface area contributed by atoms with Crippen LogP contribution in [-0.4, -0.2) is 43.7 Å². The van der Waals surface area contributed by atoms with Crippen LogP contribution in [0.3, 0.4) is 0 Å². The Morgan fingerprint density at radius 2 is 2.00 bits per heavy atom. The molecule has 1 atom stereocenters. The van der Waals surface area contributed by atoms with Gasteiger partial charge in [-0.05, 0) is 51.2 Å². The number of fused-ring (bicyclic) bond motifs is 2. The van der Waals surface area contributed by atoms with Crippen LogP contribution in [0.1, 0.15) is 55.9 Å². The molecule has 0 radical (unpaired) electrons. The fraction of sp³-hybridized carbons (Fsp3) is 0.650. The summed E-state index contributed by atoms with van der Waals surface area (Å²) < 4.78 is 11.3. The van der Waals surface area contributed by atoms with E-state index in [1.807, 2.05) is 11.8 Å². The number of amides is 1. The highest BCUT2D eigenvalue weighted by atomic mass is 16.5. The van der Waals surface area contributed by atoms with E-state index in [0.29, 0.717) is 6.61 Å². The van der Waals surface area contributed by atoms with E-state index in [1.54, 1.807) is 0 Å². The molecule has 1 unspecified atom stereocenters. The zero-order chi connectivity index (χ0) is 17.2. The summed E-state index contributed by atoms with van der Waals surface area (Å²) >= 11 is 0. The van der Waals surface area contributed by atoms with Crippen LogP contribution in [0, 0.1) is 6.92 Å². The van der Waals surface area contributed by atoms with Crippen LogP contribution in [0.5, 0.6) is 0 Å². The van der Waals surface area contributed by atoms with Gasteiger partial charge in [-0.25, -0.2) is 0 Å². The second kappa shape index (κ2) is 7.24. The van der Waals surface area contributed by atoms with E-state index in [2.05, 4.69) is 32.0 Å². The summed E-state index contributed by atoms with van der Waals surface area (Å²) in [6.07, 6.45) is 3.29. The molecular weight excluding hydrogens is 302 g/mol. The first-order chi connectivity index (χ1) is 11.6.